The standard InChI is InChI=1S/C22H20ClN3O/c1-25-13-18(12-24-25)21-15-26(14-17-4-2-3-5-20(17)21)22(27)11-8-16-6-9-19(23)10-7-16/h2-13,21H,14-15H2,1H3/b11-8+. The maximum atomic E-state index is 12.8. The fourth-order valence-electron chi connectivity index (χ4n) is 3.53. The van der Waals surface area contributed by atoms with Gasteiger partial charge >= 0.3 is 0 Å². The molecule has 0 spiro atoms. The van der Waals surface area contributed by atoms with Gasteiger partial charge in [0.2, 0.25) is 5.91 Å². The molecule has 2 heterocycles. The molecule has 1 amide bonds. The van der Waals surface area contributed by atoms with Crippen LogP contribution in [-0.4, -0.2) is 27.1 Å². The summed E-state index contributed by atoms with van der Waals surface area (Å²) in [5.41, 5.74) is 4.54. The predicted molar refractivity (Wildman–Crippen MR) is 107 cm³/mol. The number of carbonyl (C=O) groups is 1. The number of hydrogen-bond acceptors (Lipinski definition) is 2. The molecule has 1 aromatic heterocycles. The topological polar surface area (TPSA) is 38.1 Å². The van der Waals surface area contributed by atoms with E-state index < -0.39 is 0 Å². The van der Waals surface area contributed by atoms with Crippen LogP contribution in [0.4, 0.5) is 0 Å². The van der Waals surface area contributed by atoms with Crippen molar-refractivity contribution in [3.05, 3.63) is 94.3 Å². The molecule has 5 heteroatoms. The minimum atomic E-state index is 0.00773. The molecule has 4 nitrogen and oxygen atoms in total. The van der Waals surface area contributed by atoms with Crippen LogP contribution in [0, 0.1) is 0 Å². The zero-order valence-corrected chi connectivity index (χ0v) is 15.8. The second-order valence-electron chi connectivity index (χ2n) is 6.80. The third-order valence-electron chi connectivity index (χ3n) is 4.92. The second kappa shape index (κ2) is 7.41. The molecular weight excluding hydrogens is 358 g/mol. The van der Waals surface area contributed by atoms with Crippen LogP contribution in [0.1, 0.15) is 28.2 Å². The minimum absolute atomic E-state index is 0.00773. The van der Waals surface area contributed by atoms with Gasteiger partial charge in [-0.15, -0.1) is 0 Å². The Hall–Kier alpha value is -2.85. The molecule has 3 aromatic rings. The molecule has 0 fully saturated rings. The highest BCUT2D eigenvalue weighted by molar-refractivity contribution is 6.30. The summed E-state index contributed by atoms with van der Waals surface area (Å²) in [4.78, 5) is 14.7. The average Bonchev–Trinajstić information content (AvgIpc) is 3.12. The molecule has 0 saturated carbocycles. The lowest BCUT2D eigenvalue weighted by molar-refractivity contribution is -0.127. The van der Waals surface area contributed by atoms with E-state index in [0.29, 0.717) is 18.1 Å². The quantitative estimate of drug-likeness (QED) is 0.639. The van der Waals surface area contributed by atoms with E-state index in [1.165, 1.54) is 11.1 Å². The van der Waals surface area contributed by atoms with Gasteiger partial charge in [-0.25, -0.2) is 0 Å². The molecule has 1 unspecified atom stereocenters. The highest BCUT2D eigenvalue weighted by Crippen LogP contribution is 2.33. The Labute approximate surface area is 163 Å². The molecule has 0 N–H and O–H groups in total. The lowest BCUT2D eigenvalue weighted by atomic mass is 9.86. The number of rotatable bonds is 3. The minimum Gasteiger partial charge on any atom is -0.334 e. The highest BCUT2D eigenvalue weighted by Gasteiger charge is 2.28. The van der Waals surface area contributed by atoms with Gasteiger partial charge in [-0.3, -0.25) is 9.48 Å². The fourth-order valence-corrected chi connectivity index (χ4v) is 3.65. The van der Waals surface area contributed by atoms with Crippen molar-refractivity contribution in [1.82, 2.24) is 14.7 Å². The lowest BCUT2D eigenvalue weighted by Gasteiger charge is -2.34. The van der Waals surface area contributed by atoms with Crippen LogP contribution in [0.2, 0.25) is 5.02 Å². The molecule has 0 aliphatic carbocycles. The molecule has 136 valence electrons. The van der Waals surface area contributed by atoms with E-state index in [4.69, 9.17) is 11.6 Å². The van der Waals surface area contributed by atoms with Crippen molar-refractivity contribution in [2.24, 2.45) is 7.05 Å². The van der Waals surface area contributed by atoms with E-state index in [9.17, 15) is 4.79 Å². The smallest absolute Gasteiger partial charge is 0.246 e. The fraction of sp³-hybridized carbons (Fsp3) is 0.182. The normalized spacial score (nSPS) is 16.5. The van der Waals surface area contributed by atoms with Crippen molar-refractivity contribution >= 4 is 23.6 Å². The average molecular weight is 378 g/mol. The van der Waals surface area contributed by atoms with Crippen LogP contribution < -0.4 is 0 Å². The number of hydrogen-bond donors (Lipinski definition) is 0. The van der Waals surface area contributed by atoms with Crippen molar-refractivity contribution in [1.29, 1.82) is 0 Å². The van der Waals surface area contributed by atoms with E-state index in [-0.39, 0.29) is 11.8 Å². The number of amides is 1. The Balaban J connectivity index is 1.58. The second-order valence-corrected chi connectivity index (χ2v) is 7.24. The van der Waals surface area contributed by atoms with Crippen molar-refractivity contribution in [2.75, 3.05) is 6.54 Å². The molecule has 1 aliphatic heterocycles. The Morgan fingerprint density at radius 1 is 1.19 bits per heavy atom. The highest BCUT2D eigenvalue weighted by atomic mass is 35.5. The van der Waals surface area contributed by atoms with Crippen LogP contribution in [0.3, 0.4) is 0 Å². The zero-order valence-electron chi connectivity index (χ0n) is 15.0. The van der Waals surface area contributed by atoms with Gasteiger partial charge in [0.15, 0.2) is 0 Å². The van der Waals surface area contributed by atoms with E-state index in [1.807, 2.05) is 60.7 Å². The SMILES string of the molecule is Cn1cc(C2CN(C(=O)/C=C/c3ccc(Cl)cc3)Cc3ccccc32)cn1. The van der Waals surface area contributed by atoms with Gasteiger partial charge in [-0.1, -0.05) is 48.0 Å². The Morgan fingerprint density at radius 2 is 1.96 bits per heavy atom. The van der Waals surface area contributed by atoms with E-state index >= 15 is 0 Å². The maximum Gasteiger partial charge on any atom is 0.246 e. The summed E-state index contributed by atoms with van der Waals surface area (Å²) in [6.07, 6.45) is 7.38. The maximum absolute atomic E-state index is 12.8. The Kier molecular flexibility index (Phi) is 4.82. The monoisotopic (exact) mass is 377 g/mol. The van der Waals surface area contributed by atoms with Gasteiger partial charge in [-0.2, -0.15) is 5.10 Å². The first-order valence-electron chi connectivity index (χ1n) is 8.89. The lowest BCUT2D eigenvalue weighted by Crippen LogP contribution is -2.37. The summed E-state index contributed by atoms with van der Waals surface area (Å²) in [5, 5.41) is 4.99. The zero-order chi connectivity index (χ0) is 18.8. The van der Waals surface area contributed by atoms with Crippen molar-refractivity contribution in [3.8, 4) is 0 Å². The number of aromatic nitrogens is 2. The summed E-state index contributed by atoms with van der Waals surface area (Å²) in [5.74, 6) is 0.143. The summed E-state index contributed by atoms with van der Waals surface area (Å²) < 4.78 is 1.80. The number of fused-ring (bicyclic) bond motifs is 1. The number of benzene rings is 2. The van der Waals surface area contributed by atoms with Gasteiger partial charge in [0, 0.05) is 43.4 Å². The molecule has 1 aliphatic rings. The molecular formula is C22H20ClN3O. The predicted octanol–water partition coefficient (Wildman–Crippen LogP) is 4.26. The largest absolute Gasteiger partial charge is 0.334 e. The Bertz CT molecular complexity index is 991. The summed E-state index contributed by atoms with van der Waals surface area (Å²) in [7, 11) is 1.91. The molecule has 27 heavy (non-hydrogen) atoms. The van der Waals surface area contributed by atoms with Crippen LogP contribution in [0.15, 0.2) is 67.0 Å². The molecule has 1 atom stereocenters. The van der Waals surface area contributed by atoms with Crippen LogP contribution in [-0.2, 0) is 18.4 Å². The van der Waals surface area contributed by atoms with Crippen LogP contribution in [0.5, 0.6) is 0 Å². The van der Waals surface area contributed by atoms with Crippen LogP contribution >= 0.6 is 11.6 Å². The number of carbonyl (C=O) groups excluding carboxylic acids is 1. The molecule has 2 aromatic carbocycles. The molecule has 0 bridgehead atoms. The number of nitrogens with zero attached hydrogens (tertiary/aromatic N) is 3. The van der Waals surface area contributed by atoms with E-state index in [0.717, 1.165) is 11.1 Å². The van der Waals surface area contributed by atoms with E-state index in [2.05, 4.69) is 23.3 Å². The summed E-state index contributed by atoms with van der Waals surface area (Å²) in [6.45, 7) is 1.27. The first kappa shape index (κ1) is 17.6. The third kappa shape index (κ3) is 3.81. The first-order chi connectivity index (χ1) is 13.1. The van der Waals surface area contributed by atoms with Crippen LogP contribution in [0.25, 0.3) is 6.08 Å². The molecule has 4 rings (SSSR count). The van der Waals surface area contributed by atoms with Gasteiger partial charge in [0.05, 0.1) is 6.20 Å². The van der Waals surface area contributed by atoms with Crippen molar-refractivity contribution in [3.63, 3.8) is 0 Å². The summed E-state index contributed by atoms with van der Waals surface area (Å²) >= 11 is 5.91. The van der Waals surface area contributed by atoms with Crippen molar-refractivity contribution in [2.45, 2.75) is 12.5 Å². The van der Waals surface area contributed by atoms with Gasteiger partial charge < -0.3 is 4.90 Å². The molecule has 0 radical (unpaired) electrons. The van der Waals surface area contributed by atoms with E-state index in [1.54, 1.807) is 10.8 Å². The van der Waals surface area contributed by atoms with Gasteiger partial charge in [0.25, 0.3) is 0 Å². The van der Waals surface area contributed by atoms with Gasteiger partial charge in [0.1, 0.15) is 0 Å². The third-order valence-corrected chi connectivity index (χ3v) is 5.17. The summed E-state index contributed by atoms with van der Waals surface area (Å²) in [6, 6.07) is 15.8. The first-order valence-corrected chi connectivity index (χ1v) is 9.27. The van der Waals surface area contributed by atoms with Gasteiger partial charge in [-0.05, 0) is 40.5 Å². The number of halogens is 1. The number of aryl methyl sites for hydroxylation is 1. The molecule has 0 saturated heterocycles. The van der Waals surface area contributed by atoms with Crippen molar-refractivity contribution < 1.29 is 4.79 Å². The Morgan fingerprint density at radius 3 is 2.70 bits per heavy atom.